The standard InChI is InChI=1S/C14H26N2O3/c1-3-11-6-7-16(12(8-11)14(18)19)13(17)5-4-10(2)9-15/h10-12H,3-9,15H2,1-2H3,(H,18,19). The number of aliphatic carboxylic acids is 1. The third-order valence-electron chi connectivity index (χ3n) is 4.15. The number of hydrogen-bond acceptors (Lipinski definition) is 3. The lowest BCUT2D eigenvalue weighted by molar-refractivity contribution is -0.153. The molecule has 3 atom stereocenters. The molecule has 0 aromatic rings. The second-order valence-corrected chi connectivity index (χ2v) is 5.62. The van der Waals surface area contributed by atoms with E-state index in [1.807, 2.05) is 6.92 Å². The normalized spacial score (nSPS) is 25.1. The Morgan fingerprint density at radius 1 is 1.47 bits per heavy atom. The van der Waals surface area contributed by atoms with E-state index in [-0.39, 0.29) is 5.91 Å². The molecule has 19 heavy (non-hydrogen) atoms. The van der Waals surface area contributed by atoms with E-state index < -0.39 is 12.0 Å². The SMILES string of the molecule is CCC1CCN(C(=O)CCC(C)CN)C(C(=O)O)C1. The summed E-state index contributed by atoms with van der Waals surface area (Å²) in [5, 5.41) is 9.28. The summed E-state index contributed by atoms with van der Waals surface area (Å²) in [5.74, 6) is -0.186. The van der Waals surface area contributed by atoms with E-state index in [0.29, 0.717) is 37.8 Å². The van der Waals surface area contributed by atoms with E-state index in [4.69, 9.17) is 5.73 Å². The third kappa shape index (κ3) is 4.49. The van der Waals surface area contributed by atoms with Crippen molar-refractivity contribution in [1.29, 1.82) is 0 Å². The second-order valence-electron chi connectivity index (χ2n) is 5.62. The molecule has 0 aromatic carbocycles. The van der Waals surface area contributed by atoms with Crippen molar-refractivity contribution in [2.45, 2.75) is 52.0 Å². The van der Waals surface area contributed by atoms with Crippen LogP contribution in [0.3, 0.4) is 0 Å². The summed E-state index contributed by atoms with van der Waals surface area (Å²) in [7, 11) is 0. The van der Waals surface area contributed by atoms with Gasteiger partial charge in [0.25, 0.3) is 0 Å². The number of nitrogens with zero attached hydrogens (tertiary/aromatic N) is 1. The maximum atomic E-state index is 12.2. The zero-order valence-electron chi connectivity index (χ0n) is 12.0. The average molecular weight is 270 g/mol. The van der Waals surface area contributed by atoms with Gasteiger partial charge >= 0.3 is 5.97 Å². The Labute approximate surface area is 115 Å². The fourth-order valence-electron chi connectivity index (χ4n) is 2.57. The quantitative estimate of drug-likeness (QED) is 0.765. The number of carbonyl (C=O) groups excluding carboxylic acids is 1. The van der Waals surface area contributed by atoms with Crippen LogP contribution in [0.5, 0.6) is 0 Å². The Bertz CT molecular complexity index is 320. The van der Waals surface area contributed by atoms with Gasteiger partial charge in [0.2, 0.25) is 5.91 Å². The molecule has 3 N–H and O–H groups in total. The van der Waals surface area contributed by atoms with Crippen LogP contribution in [0.4, 0.5) is 0 Å². The predicted molar refractivity (Wildman–Crippen MR) is 73.6 cm³/mol. The summed E-state index contributed by atoms with van der Waals surface area (Å²) in [4.78, 5) is 25.0. The third-order valence-corrected chi connectivity index (χ3v) is 4.15. The zero-order chi connectivity index (χ0) is 14.4. The van der Waals surface area contributed by atoms with Crippen molar-refractivity contribution in [2.24, 2.45) is 17.6 Å². The number of carbonyl (C=O) groups is 2. The largest absolute Gasteiger partial charge is 0.480 e. The minimum atomic E-state index is -0.877. The Balaban J connectivity index is 2.59. The van der Waals surface area contributed by atoms with E-state index in [9.17, 15) is 14.7 Å². The van der Waals surface area contributed by atoms with Crippen LogP contribution in [0.1, 0.15) is 46.0 Å². The number of rotatable bonds is 6. The van der Waals surface area contributed by atoms with Gasteiger partial charge in [-0.25, -0.2) is 4.79 Å². The second kappa shape index (κ2) is 7.48. The van der Waals surface area contributed by atoms with Gasteiger partial charge in [0.15, 0.2) is 0 Å². The number of likely N-dealkylation sites (tertiary alicyclic amines) is 1. The predicted octanol–water partition coefficient (Wildman–Crippen LogP) is 1.46. The topological polar surface area (TPSA) is 83.6 Å². The first kappa shape index (κ1) is 16.0. The summed E-state index contributed by atoms with van der Waals surface area (Å²) >= 11 is 0. The fourth-order valence-corrected chi connectivity index (χ4v) is 2.57. The smallest absolute Gasteiger partial charge is 0.326 e. The highest BCUT2D eigenvalue weighted by molar-refractivity contribution is 5.83. The molecule has 0 radical (unpaired) electrons. The number of piperidine rings is 1. The average Bonchev–Trinajstić information content (AvgIpc) is 2.43. The number of nitrogens with two attached hydrogens (primary N) is 1. The molecule has 0 saturated carbocycles. The van der Waals surface area contributed by atoms with Gasteiger partial charge in [-0.2, -0.15) is 0 Å². The number of amides is 1. The first-order valence-electron chi connectivity index (χ1n) is 7.21. The van der Waals surface area contributed by atoms with Crippen LogP contribution in [-0.2, 0) is 9.59 Å². The maximum Gasteiger partial charge on any atom is 0.326 e. The van der Waals surface area contributed by atoms with E-state index >= 15 is 0 Å². The van der Waals surface area contributed by atoms with Crippen LogP contribution < -0.4 is 5.73 Å². The number of carboxylic acid groups (broad SMARTS) is 1. The van der Waals surface area contributed by atoms with Gasteiger partial charge in [0.1, 0.15) is 6.04 Å². The number of carboxylic acids is 1. The Kier molecular flexibility index (Phi) is 6.28. The summed E-state index contributed by atoms with van der Waals surface area (Å²) in [6.07, 6.45) is 3.62. The van der Waals surface area contributed by atoms with Crippen LogP contribution in [0.15, 0.2) is 0 Å². The van der Waals surface area contributed by atoms with Crippen molar-refractivity contribution in [3.8, 4) is 0 Å². The summed E-state index contributed by atoms with van der Waals surface area (Å²) in [6, 6.07) is -0.639. The molecule has 5 heteroatoms. The fraction of sp³-hybridized carbons (Fsp3) is 0.857. The molecular formula is C14H26N2O3. The lowest BCUT2D eigenvalue weighted by Crippen LogP contribution is -2.50. The van der Waals surface area contributed by atoms with E-state index in [0.717, 1.165) is 19.3 Å². The Morgan fingerprint density at radius 2 is 2.16 bits per heavy atom. The molecule has 1 heterocycles. The highest BCUT2D eigenvalue weighted by Crippen LogP contribution is 2.26. The van der Waals surface area contributed by atoms with Gasteiger partial charge in [0, 0.05) is 13.0 Å². The van der Waals surface area contributed by atoms with Crippen LogP contribution in [-0.4, -0.2) is 41.0 Å². The molecule has 0 bridgehead atoms. The molecule has 1 saturated heterocycles. The van der Waals surface area contributed by atoms with Crippen molar-refractivity contribution in [1.82, 2.24) is 4.90 Å². The lowest BCUT2D eigenvalue weighted by Gasteiger charge is -2.37. The Hall–Kier alpha value is -1.10. The van der Waals surface area contributed by atoms with Crippen molar-refractivity contribution in [2.75, 3.05) is 13.1 Å². The van der Waals surface area contributed by atoms with E-state index in [1.54, 1.807) is 4.90 Å². The molecule has 1 aliphatic rings. The van der Waals surface area contributed by atoms with E-state index in [2.05, 4.69) is 6.92 Å². The molecular weight excluding hydrogens is 244 g/mol. The monoisotopic (exact) mass is 270 g/mol. The van der Waals surface area contributed by atoms with Gasteiger partial charge in [-0.05, 0) is 37.6 Å². The minimum Gasteiger partial charge on any atom is -0.480 e. The molecule has 1 fully saturated rings. The maximum absolute atomic E-state index is 12.2. The van der Waals surface area contributed by atoms with Crippen molar-refractivity contribution >= 4 is 11.9 Å². The molecule has 1 rings (SSSR count). The first-order valence-corrected chi connectivity index (χ1v) is 7.21. The molecule has 1 aliphatic heterocycles. The molecule has 0 spiro atoms. The van der Waals surface area contributed by atoms with Crippen LogP contribution in [0.2, 0.25) is 0 Å². The van der Waals surface area contributed by atoms with Crippen LogP contribution >= 0.6 is 0 Å². The summed E-state index contributed by atoms with van der Waals surface area (Å²) < 4.78 is 0. The lowest BCUT2D eigenvalue weighted by atomic mass is 9.88. The molecule has 1 amide bonds. The molecule has 3 unspecified atom stereocenters. The summed E-state index contributed by atoms with van der Waals surface area (Å²) in [6.45, 7) is 5.22. The highest BCUT2D eigenvalue weighted by Gasteiger charge is 2.35. The highest BCUT2D eigenvalue weighted by atomic mass is 16.4. The molecule has 110 valence electrons. The van der Waals surface area contributed by atoms with Gasteiger partial charge in [-0.1, -0.05) is 20.3 Å². The van der Waals surface area contributed by atoms with Crippen molar-refractivity contribution in [3.05, 3.63) is 0 Å². The van der Waals surface area contributed by atoms with Crippen molar-refractivity contribution < 1.29 is 14.7 Å². The van der Waals surface area contributed by atoms with Crippen LogP contribution in [0.25, 0.3) is 0 Å². The van der Waals surface area contributed by atoms with Gasteiger partial charge in [0.05, 0.1) is 0 Å². The number of hydrogen-bond donors (Lipinski definition) is 2. The van der Waals surface area contributed by atoms with Gasteiger partial charge in [-0.15, -0.1) is 0 Å². The Morgan fingerprint density at radius 3 is 2.68 bits per heavy atom. The molecule has 0 aromatic heterocycles. The first-order chi connectivity index (χ1) is 8.99. The zero-order valence-corrected chi connectivity index (χ0v) is 12.0. The minimum absolute atomic E-state index is 0.0396. The molecule has 5 nitrogen and oxygen atoms in total. The van der Waals surface area contributed by atoms with Crippen LogP contribution in [0, 0.1) is 11.8 Å². The van der Waals surface area contributed by atoms with Gasteiger partial charge in [-0.3, -0.25) is 4.79 Å². The van der Waals surface area contributed by atoms with E-state index in [1.165, 1.54) is 0 Å². The van der Waals surface area contributed by atoms with Crippen molar-refractivity contribution in [3.63, 3.8) is 0 Å². The van der Waals surface area contributed by atoms with Gasteiger partial charge < -0.3 is 15.7 Å². The molecule has 0 aliphatic carbocycles. The summed E-state index contributed by atoms with van der Waals surface area (Å²) in [5.41, 5.74) is 5.53.